The van der Waals surface area contributed by atoms with Gasteiger partial charge in [0.05, 0.1) is 0 Å². The monoisotopic (exact) mass is 1110 g/mol. The molecule has 6 heteroatoms. The number of hydrogen-bond donors (Lipinski definition) is 0. The maximum atomic E-state index is 12.9. The molecule has 0 bridgehead atoms. The molecule has 6 nitrogen and oxygen atoms in total. The lowest BCUT2D eigenvalue weighted by Crippen LogP contribution is -2.30. The van der Waals surface area contributed by atoms with Crippen LogP contribution in [-0.2, 0) is 28.6 Å². The van der Waals surface area contributed by atoms with Crippen LogP contribution in [0.3, 0.4) is 0 Å². The van der Waals surface area contributed by atoms with E-state index in [4.69, 9.17) is 14.2 Å². The number of ether oxygens (including phenoxy) is 3. The van der Waals surface area contributed by atoms with Crippen molar-refractivity contribution < 1.29 is 28.6 Å². The molecular formula is C74H128O6. The summed E-state index contributed by atoms with van der Waals surface area (Å²) in [7, 11) is 0. The van der Waals surface area contributed by atoms with Crippen LogP contribution in [0.2, 0.25) is 0 Å². The first kappa shape index (κ1) is 76.3. The van der Waals surface area contributed by atoms with Gasteiger partial charge in [0, 0.05) is 19.3 Å². The minimum Gasteiger partial charge on any atom is -0.462 e. The van der Waals surface area contributed by atoms with Crippen molar-refractivity contribution in [3.63, 3.8) is 0 Å². The van der Waals surface area contributed by atoms with Crippen molar-refractivity contribution in [2.45, 2.75) is 341 Å². The second-order valence-electron chi connectivity index (χ2n) is 22.7. The molecule has 80 heavy (non-hydrogen) atoms. The smallest absolute Gasteiger partial charge is 0.306 e. The Balaban J connectivity index is 4.32. The fraction of sp³-hybridized carbons (Fsp3) is 0.743. The molecule has 0 saturated heterocycles. The van der Waals surface area contributed by atoms with Gasteiger partial charge in [0.2, 0.25) is 0 Å². The predicted octanol–water partition coefficient (Wildman–Crippen LogP) is 23.6. The summed E-state index contributed by atoms with van der Waals surface area (Å²) in [5.41, 5.74) is 0. The van der Waals surface area contributed by atoms with Gasteiger partial charge in [-0.15, -0.1) is 0 Å². The van der Waals surface area contributed by atoms with Gasteiger partial charge in [-0.1, -0.05) is 291 Å². The summed E-state index contributed by atoms with van der Waals surface area (Å²) in [4.78, 5) is 38.4. The molecule has 0 spiro atoms. The predicted molar refractivity (Wildman–Crippen MR) is 348 cm³/mol. The molecule has 0 saturated carbocycles. The highest BCUT2D eigenvalue weighted by atomic mass is 16.6. The van der Waals surface area contributed by atoms with Crippen molar-refractivity contribution in [1.29, 1.82) is 0 Å². The molecule has 0 aromatic heterocycles. The minimum absolute atomic E-state index is 0.0824. The molecular weight excluding hydrogens is 985 g/mol. The maximum Gasteiger partial charge on any atom is 0.306 e. The van der Waals surface area contributed by atoms with E-state index < -0.39 is 6.10 Å². The summed E-state index contributed by atoms with van der Waals surface area (Å²) >= 11 is 0. The van der Waals surface area contributed by atoms with E-state index in [2.05, 4.69) is 118 Å². The van der Waals surface area contributed by atoms with Crippen molar-refractivity contribution in [3.8, 4) is 0 Å². The Morgan fingerprint density at radius 1 is 0.263 bits per heavy atom. The standard InChI is InChI=1S/C74H128O6/c1-4-7-10-13-16-19-22-25-28-31-32-33-34-35-36-37-38-39-40-41-42-44-46-49-52-55-58-61-64-67-73(76)79-70-71(69-78-72(75)66-63-60-57-54-51-48-45-30-27-24-21-18-15-12-9-6-3)80-74(77)68-65-62-59-56-53-50-47-43-29-26-23-20-17-14-11-8-5-2/h7,10,16,19,25-26,28-30,32-33,35-36,38-39,45,71H,4-6,8-9,11-15,17-18,20-24,27,31,34,37,40-44,46-70H2,1-3H3/b10-7-,19-16-,28-25-,29-26-,33-32-,36-35-,39-38-,45-30-. The van der Waals surface area contributed by atoms with E-state index in [9.17, 15) is 14.4 Å². The fourth-order valence-corrected chi connectivity index (χ4v) is 9.67. The lowest BCUT2D eigenvalue weighted by atomic mass is 10.1. The van der Waals surface area contributed by atoms with E-state index in [1.54, 1.807) is 0 Å². The van der Waals surface area contributed by atoms with Crippen LogP contribution in [0.25, 0.3) is 0 Å². The van der Waals surface area contributed by atoms with E-state index in [-0.39, 0.29) is 31.1 Å². The average molecular weight is 1110 g/mol. The van der Waals surface area contributed by atoms with Gasteiger partial charge >= 0.3 is 17.9 Å². The number of hydrogen-bond acceptors (Lipinski definition) is 6. The summed E-state index contributed by atoms with van der Waals surface area (Å²) in [6, 6.07) is 0. The Bertz CT molecular complexity index is 1560. The normalized spacial score (nSPS) is 12.7. The number of esters is 3. The fourth-order valence-electron chi connectivity index (χ4n) is 9.67. The van der Waals surface area contributed by atoms with Gasteiger partial charge in [-0.05, 0) is 122 Å². The highest BCUT2D eigenvalue weighted by Gasteiger charge is 2.19. The van der Waals surface area contributed by atoms with Gasteiger partial charge < -0.3 is 14.2 Å². The molecule has 0 aliphatic heterocycles. The van der Waals surface area contributed by atoms with Crippen molar-refractivity contribution in [3.05, 3.63) is 97.2 Å². The van der Waals surface area contributed by atoms with E-state index in [1.807, 2.05) is 0 Å². The van der Waals surface area contributed by atoms with Crippen LogP contribution in [0.15, 0.2) is 97.2 Å². The Labute approximate surface area is 496 Å². The van der Waals surface area contributed by atoms with Gasteiger partial charge in [-0.2, -0.15) is 0 Å². The second kappa shape index (κ2) is 67.8. The minimum atomic E-state index is -0.786. The zero-order chi connectivity index (χ0) is 57.8. The molecule has 0 aliphatic rings. The quantitative estimate of drug-likeness (QED) is 0.0261. The number of carbonyl (C=O) groups excluding carboxylic acids is 3. The lowest BCUT2D eigenvalue weighted by molar-refractivity contribution is -0.167. The van der Waals surface area contributed by atoms with Crippen LogP contribution in [0.1, 0.15) is 335 Å². The number of carbonyl (C=O) groups is 3. The van der Waals surface area contributed by atoms with Crippen molar-refractivity contribution >= 4 is 17.9 Å². The van der Waals surface area contributed by atoms with Gasteiger partial charge in [0.1, 0.15) is 13.2 Å². The first-order chi connectivity index (χ1) is 39.5. The molecule has 0 aliphatic carbocycles. The highest BCUT2D eigenvalue weighted by Crippen LogP contribution is 2.16. The van der Waals surface area contributed by atoms with Gasteiger partial charge in [0.25, 0.3) is 0 Å². The Hall–Kier alpha value is -3.67. The van der Waals surface area contributed by atoms with Crippen LogP contribution < -0.4 is 0 Å². The summed E-state index contributed by atoms with van der Waals surface area (Å²) in [5, 5.41) is 0. The molecule has 0 rings (SSSR count). The summed E-state index contributed by atoms with van der Waals surface area (Å²) in [6.07, 6.45) is 91.3. The Kier molecular flexibility index (Phi) is 64.7. The molecule has 0 fully saturated rings. The molecule has 460 valence electrons. The highest BCUT2D eigenvalue weighted by molar-refractivity contribution is 5.71. The van der Waals surface area contributed by atoms with Crippen LogP contribution >= 0.6 is 0 Å². The molecule has 0 aromatic carbocycles. The van der Waals surface area contributed by atoms with Crippen molar-refractivity contribution in [2.75, 3.05) is 13.2 Å². The molecule has 1 unspecified atom stereocenters. The zero-order valence-electron chi connectivity index (χ0n) is 52.8. The molecule has 0 aromatic rings. The van der Waals surface area contributed by atoms with Crippen LogP contribution in [0.4, 0.5) is 0 Å². The summed E-state index contributed by atoms with van der Waals surface area (Å²) in [6.45, 7) is 6.54. The van der Waals surface area contributed by atoms with E-state index in [0.29, 0.717) is 19.3 Å². The van der Waals surface area contributed by atoms with Crippen LogP contribution in [-0.4, -0.2) is 37.2 Å². The van der Waals surface area contributed by atoms with E-state index in [1.165, 1.54) is 193 Å². The SMILES string of the molecule is CC/C=C\C/C=C\C/C=C\C/C=C\C/C=C\C/C=C\CCCCCCCCCCCCC(=O)OCC(COC(=O)CCCCCCC/C=C\CCCCCCCCC)OC(=O)CCCCCCCCC/C=C\CCCCCCCC. The third kappa shape index (κ3) is 65.1. The third-order valence-electron chi connectivity index (χ3n) is 14.8. The Morgan fingerprint density at radius 3 is 0.775 bits per heavy atom. The van der Waals surface area contributed by atoms with E-state index >= 15 is 0 Å². The topological polar surface area (TPSA) is 78.9 Å². The van der Waals surface area contributed by atoms with Gasteiger partial charge in [0.15, 0.2) is 6.10 Å². The summed E-state index contributed by atoms with van der Waals surface area (Å²) in [5.74, 6) is -0.885. The number of rotatable bonds is 62. The molecule has 0 amide bonds. The lowest BCUT2D eigenvalue weighted by Gasteiger charge is -2.18. The zero-order valence-corrected chi connectivity index (χ0v) is 52.8. The average Bonchev–Trinajstić information content (AvgIpc) is 3.46. The largest absolute Gasteiger partial charge is 0.462 e. The first-order valence-electron chi connectivity index (χ1n) is 34.2. The van der Waals surface area contributed by atoms with E-state index in [0.717, 1.165) is 103 Å². The second-order valence-corrected chi connectivity index (χ2v) is 22.7. The third-order valence-corrected chi connectivity index (χ3v) is 14.8. The van der Waals surface area contributed by atoms with Crippen LogP contribution in [0.5, 0.6) is 0 Å². The molecule has 0 heterocycles. The van der Waals surface area contributed by atoms with Crippen LogP contribution in [0, 0.1) is 0 Å². The van der Waals surface area contributed by atoms with Crippen molar-refractivity contribution in [1.82, 2.24) is 0 Å². The number of allylic oxidation sites excluding steroid dienone is 16. The Morgan fingerprint density at radius 2 is 0.487 bits per heavy atom. The molecule has 0 radical (unpaired) electrons. The maximum absolute atomic E-state index is 12.9. The van der Waals surface area contributed by atoms with Gasteiger partial charge in [-0.25, -0.2) is 0 Å². The van der Waals surface area contributed by atoms with Gasteiger partial charge in [-0.3, -0.25) is 14.4 Å². The molecule has 1 atom stereocenters. The molecule has 0 N–H and O–H groups in total. The number of unbranched alkanes of at least 4 members (excludes halogenated alkanes) is 35. The summed E-state index contributed by atoms with van der Waals surface area (Å²) < 4.78 is 17.0. The first-order valence-corrected chi connectivity index (χ1v) is 34.2. The van der Waals surface area contributed by atoms with Crippen molar-refractivity contribution in [2.24, 2.45) is 0 Å².